The highest BCUT2D eigenvalue weighted by molar-refractivity contribution is 7.99. The summed E-state index contributed by atoms with van der Waals surface area (Å²) < 4.78 is 0. The normalized spacial score (nSPS) is 31.9. The van der Waals surface area contributed by atoms with Crippen LogP contribution in [0.5, 0.6) is 5.75 Å². The molecule has 10 heteroatoms. The Bertz CT molecular complexity index is 1210. The number of nitrogens with zero attached hydrogens (tertiary/aromatic N) is 1. The maximum atomic E-state index is 13.8. The molecule has 3 aliphatic rings. The molecule has 4 rings (SSSR count). The number of rotatable bonds is 6. The van der Waals surface area contributed by atoms with E-state index in [4.69, 9.17) is 5.73 Å². The number of likely N-dealkylation sites (N-methyl/N-ethyl adjacent to an activating group) is 1. The number of hydrogen-bond donors (Lipinski definition) is 5. The van der Waals surface area contributed by atoms with Gasteiger partial charge in [-0.25, -0.2) is 0 Å². The van der Waals surface area contributed by atoms with Gasteiger partial charge in [-0.1, -0.05) is 26.0 Å². The largest absolute Gasteiger partial charge is 0.510 e. The number of carbonyl (C=O) groups excluding carboxylic acids is 3. The summed E-state index contributed by atoms with van der Waals surface area (Å²) in [7, 11) is 3.24. The van der Waals surface area contributed by atoms with Crippen LogP contribution in [-0.4, -0.2) is 80.0 Å². The molecule has 0 fully saturated rings. The minimum Gasteiger partial charge on any atom is -0.510 e. The molecule has 36 heavy (non-hydrogen) atoms. The molecule has 6 atom stereocenters. The molecule has 6 N–H and O–H groups in total. The van der Waals surface area contributed by atoms with Gasteiger partial charge in [0.05, 0.1) is 11.6 Å². The third-order valence-electron chi connectivity index (χ3n) is 7.84. The van der Waals surface area contributed by atoms with E-state index in [1.807, 2.05) is 0 Å². The second kappa shape index (κ2) is 9.24. The monoisotopic (exact) mass is 516 g/mol. The number of thioether (sulfide) groups is 1. The molecule has 0 unspecified atom stereocenters. The van der Waals surface area contributed by atoms with Crippen molar-refractivity contribution in [1.82, 2.24) is 4.90 Å². The van der Waals surface area contributed by atoms with Crippen molar-refractivity contribution in [3.63, 3.8) is 0 Å². The van der Waals surface area contributed by atoms with Crippen molar-refractivity contribution in [3.8, 4) is 5.75 Å². The standard InChI is InChI=1S/C26H32N2O7S/c1-5-9-36-10-13-12-7-6-8-14(29)16(12)21(30)17-15(13)11(2)19-20(28(3)4)22(31)18(25(27)34)24(33)26(19,35)23(17)32/h6-8,11,13,15,19-20,29,31-32,35H,5,9-10H2,1-4H3,(H2,27,34)/t11-,13-,15+,19-,20-,26-/m0/s1. The summed E-state index contributed by atoms with van der Waals surface area (Å²) in [5, 5.41) is 45.0. The molecule has 1 aromatic rings. The first-order valence-electron chi connectivity index (χ1n) is 12.0. The van der Waals surface area contributed by atoms with Crippen molar-refractivity contribution in [1.29, 1.82) is 0 Å². The Balaban J connectivity index is 2.02. The number of Topliss-reactive ketones (excluding diaryl/α,β-unsaturated/α-hetero) is 2. The maximum absolute atomic E-state index is 13.8. The summed E-state index contributed by atoms with van der Waals surface area (Å²) in [5.74, 6) is -5.98. The van der Waals surface area contributed by atoms with Crippen LogP contribution in [0.2, 0.25) is 0 Å². The second-order valence-electron chi connectivity index (χ2n) is 10.1. The van der Waals surface area contributed by atoms with E-state index in [1.54, 1.807) is 49.8 Å². The van der Waals surface area contributed by atoms with Crippen LogP contribution in [0.15, 0.2) is 40.9 Å². The van der Waals surface area contributed by atoms with Gasteiger partial charge in [-0.3, -0.25) is 19.3 Å². The second-order valence-corrected chi connectivity index (χ2v) is 11.2. The predicted molar refractivity (Wildman–Crippen MR) is 135 cm³/mol. The van der Waals surface area contributed by atoms with E-state index in [-0.39, 0.29) is 22.8 Å². The zero-order chi connectivity index (χ0) is 26.7. The first-order valence-corrected chi connectivity index (χ1v) is 13.1. The lowest BCUT2D eigenvalue weighted by Crippen LogP contribution is -2.66. The number of amides is 1. The van der Waals surface area contributed by atoms with Crippen molar-refractivity contribution in [2.24, 2.45) is 23.5 Å². The Labute approximate surface area is 213 Å². The van der Waals surface area contributed by atoms with Gasteiger partial charge in [0.15, 0.2) is 11.4 Å². The quantitative estimate of drug-likeness (QED) is 0.281. The minimum absolute atomic E-state index is 0.0348. The van der Waals surface area contributed by atoms with Gasteiger partial charge in [0.25, 0.3) is 5.91 Å². The minimum atomic E-state index is -2.66. The molecule has 0 radical (unpaired) electrons. The van der Waals surface area contributed by atoms with Gasteiger partial charge in [0, 0.05) is 29.1 Å². The van der Waals surface area contributed by atoms with E-state index in [1.165, 1.54) is 6.07 Å². The number of carbonyl (C=O) groups is 3. The summed E-state index contributed by atoms with van der Waals surface area (Å²) in [6.45, 7) is 3.83. The number of phenolic OH excluding ortho intramolecular Hbond substituents is 1. The number of aliphatic hydroxyl groups excluding tert-OH is 2. The third kappa shape index (κ3) is 3.49. The molecule has 0 saturated carbocycles. The molecule has 1 amide bonds. The highest BCUT2D eigenvalue weighted by Crippen LogP contribution is 2.58. The molecule has 194 valence electrons. The van der Waals surface area contributed by atoms with Gasteiger partial charge in [0.1, 0.15) is 22.8 Å². The summed E-state index contributed by atoms with van der Waals surface area (Å²) >= 11 is 1.67. The molecule has 0 aromatic heterocycles. The van der Waals surface area contributed by atoms with Crippen LogP contribution in [0.3, 0.4) is 0 Å². The summed E-state index contributed by atoms with van der Waals surface area (Å²) in [5.41, 5.74) is 2.47. The van der Waals surface area contributed by atoms with E-state index in [9.17, 15) is 34.8 Å². The zero-order valence-electron chi connectivity index (χ0n) is 20.7. The van der Waals surface area contributed by atoms with Crippen LogP contribution >= 0.6 is 11.8 Å². The van der Waals surface area contributed by atoms with Gasteiger partial charge < -0.3 is 26.2 Å². The van der Waals surface area contributed by atoms with E-state index >= 15 is 0 Å². The molecular weight excluding hydrogens is 484 g/mol. The fourth-order valence-corrected chi connectivity index (χ4v) is 7.50. The van der Waals surface area contributed by atoms with E-state index in [2.05, 4.69) is 6.92 Å². The highest BCUT2D eigenvalue weighted by Gasteiger charge is 2.66. The zero-order valence-corrected chi connectivity index (χ0v) is 21.5. The number of allylic oxidation sites excluding steroid dienone is 1. The molecule has 9 nitrogen and oxygen atoms in total. The molecule has 0 bridgehead atoms. The Morgan fingerprint density at radius 2 is 1.86 bits per heavy atom. The highest BCUT2D eigenvalue weighted by atomic mass is 32.2. The van der Waals surface area contributed by atoms with Crippen LogP contribution in [0.25, 0.3) is 0 Å². The van der Waals surface area contributed by atoms with Gasteiger partial charge in [0.2, 0.25) is 5.78 Å². The van der Waals surface area contributed by atoms with Crippen LogP contribution in [0, 0.1) is 17.8 Å². The van der Waals surface area contributed by atoms with Crippen LogP contribution < -0.4 is 5.73 Å². The average Bonchev–Trinajstić information content (AvgIpc) is 2.80. The molecule has 0 saturated heterocycles. The number of fused-ring (bicyclic) bond motifs is 3. The third-order valence-corrected chi connectivity index (χ3v) is 9.13. The van der Waals surface area contributed by atoms with Crippen molar-refractivity contribution in [2.45, 2.75) is 37.8 Å². The van der Waals surface area contributed by atoms with Gasteiger partial charge in [-0.2, -0.15) is 11.8 Å². The summed E-state index contributed by atoms with van der Waals surface area (Å²) in [4.78, 5) is 41.0. The maximum Gasteiger partial charge on any atom is 0.255 e. The summed E-state index contributed by atoms with van der Waals surface area (Å²) in [6, 6.07) is 3.80. The van der Waals surface area contributed by atoms with Crippen LogP contribution in [-0.2, 0) is 9.59 Å². The van der Waals surface area contributed by atoms with Crippen molar-refractivity contribution in [2.75, 3.05) is 25.6 Å². The number of benzene rings is 1. The first kappa shape index (κ1) is 26.2. The van der Waals surface area contributed by atoms with Crippen molar-refractivity contribution in [3.05, 3.63) is 52.0 Å². The Morgan fingerprint density at radius 1 is 1.19 bits per heavy atom. The SMILES string of the molecule is CCCSC[C@H]1c2cccc(O)c2C(=O)C2=C(O)[C@]3(O)C(=O)C(C(N)=O)=C(O)[C@@H](N(C)C)[C@@H]3[C@@H](C)[C@@H]21. The van der Waals surface area contributed by atoms with E-state index < -0.39 is 64.0 Å². The molecule has 0 spiro atoms. The number of aliphatic hydroxyl groups is 3. The lowest BCUT2D eigenvalue weighted by molar-refractivity contribution is -0.153. The van der Waals surface area contributed by atoms with Crippen molar-refractivity contribution < 1.29 is 34.8 Å². The lowest BCUT2D eigenvalue weighted by atomic mass is 9.52. The smallest absolute Gasteiger partial charge is 0.255 e. The fraction of sp³-hybridized carbons (Fsp3) is 0.500. The molecule has 0 heterocycles. The number of primary amides is 1. The average molecular weight is 517 g/mol. The Kier molecular flexibility index (Phi) is 6.74. The molecule has 0 aliphatic heterocycles. The van der Waals surface area contributed by atoms with Crippen molar-refractivity contribution >= 4 is 29.2 Å². The lowest BCUT2D eigenvalue weighted by Gasteiger charge is -2.54. The first-order chi connectivity index (χ1) is 16.9. The fourth-order valence-electron chi connectivity index (χ4n) is 6.41. The topological polar surface area (TPSA) is 161 Å². The molecule has 1 aromatic carbocycles. The van der Waals surface area contributed by atoms with Gasteiger partial charge in [-0.05, 0) is 43.8 Å². The van der Waals surface area contributed by atoms with Crippen LogP contribution in [0.4, 0.5) is 0 Å². The van der Waals surface area contributed by atoms with Crippen LogP contribution in [0.1, 0.15) is 42.1 Å². The van der Waals surface area contributed by atoms with Gasteiger partial charge >= 0.3 is 0 Å². The Morgan fingerprint density at radius 3 is 2.44 bits per heavy atom. The number of ketones is 2. The number of hydrogen-bond acceptors (Lipinski definition) is 9. The Hall–Kier alpha value is -2.82. The number of nitrogens with two attached hydrogens (primary N) is 1. The summed E-state index contributed by atoms with van der Waals surface area (Å²) in [6.07, 6.45) is 0.936. The predicted octanol–water partition coefficient (Wildman–Crippen LogP) is 2.05. The van der Waals surface area contributed by atoms with E-state index in [0.29, 0.717) is 11.3 Å². The number of phenols is 1. The van der Waals surface area contributed by atoms with Gasteiger partial charge in [-0.15, -0.1) is 0 Å². The molecule has 3 aliphatic carbocycles. The number of aromatic hydroxyl groups is 1. The van der Waals surface area contributed by atoms with E-state index in [0.717, 1.165) is 12.2 Å². The molecular formula is C26H32N2O7S.